The molecule has 0 aliphatic carbocycles. The number of nitrogens with zero attached hydrogens (tertiary/aromatic N) is 2. The minimum Gasteiger partial charge on any atom is -0.280 e. The summed E-state index contributed by atoms with van der Waals surface area (Å²) in [6, 6.07) is 12.1. The Bertz CT molecular complexity index is 941. The topological polar surface area (TPSA) is 64.0 Å². The predicted molar refractivity (Wildman–Crippen MR) is 87.4 cm³/mol. The first kappa shape index (κ1) is 14.6. The Hall–Kier alpha value is -2.34. The van der Waals surface area contributed by atoms with Crippen molar-refractivity contribution in [2.24, 2.45) is 7.05 Å². The lowest BCUT2D eigenvalue weighted by Crippen LogP contribution is -2.12. The van der Waals surface area contributed by atoms with Gasteiger partial charge in [0.25, 0.3) is 10.0 Å². The van der Waals surface area contributed by atoms with Crippen molar-refractivity contribution >= 4 is 26.6 Å². The smallest absolute Gasteiger partial charge is 0.261 e. The predicted octanol–water partition coefficient (Wildman–Crippen LogP) is 2.99. The summed E-state index contributed by atoms with van der Waals surface area (Å²) in [5.41, 5.74) is 3.39. The number of anilines is 1. The summed E-state index contributed by atoms with van der Waals surface area (Å²) in [7, 11) is -1.72. The molecular formula is C16H17N3O2S. The van der Waals surface area contributed by atoms with Gasteiger partial charge in [-0.2, -0.15) is 5.10 Å². The molecule has 1 N–H and O–H groups in total. The van der Waals surface area contributed by atoms with E-state index in [4.69, 9.17) is 0 Å². The average Bonchev–Trinajstić information content (AvgIpc) is 2.74. The number of hydrogen-bond donors (Lipinski definition) is 1. The fourth-order valence-electron chi connectivity index (χ4n) is 2.32. The van der Waals surface area contributed by atoms with Crippen molar-refractivity contribution in [2.45, 2.75) is 18.7 Å². The molecule has 0 saturated carbocycles. The summed E-state index contributed by atoms with van der Waals surface area (Å²) in [6.45, 7) is 3.87. The molecule has 0 atom stereocenters. The normalized spacial score (nSPS) is 11.8. The van der Waals surface area contributed by atoms with Crippen LogP contribution in [0.2, 0.25) is 0 Å². The lowest BCUT2D eigenvalue weighted by atomic mass is 10.2. The molecule has 0 amide bonds. The first-order valence-electron chi connectivity index (χ1n) is 6.90. The Kier molecular flexibility index (Phi) is 3.41. The van der Waals surface area contributed by atoms with E-state index >= 15 is 0 Å². The maximum Gasteiger partial charge on any atom is 0.261 e. The summed E-state index contributed by atoms with van der Waals surface area (Å²) >= 11 is 0. The lowest BCUT2D eigenvalue weighted by Gasteiger charge is -2.08. The standard InChI is InChI=1S/C16H17N3O2S/c1-11-4-7-14(8-5-11)22(20,21)18-13-6-9-16-15(10-13)12(2)19(3)17-16/h4-10,18H,1-3H3. The first-order chi connectivity index (χ1) is 10.4. The lowest BCUT2D eigenvalue weighted by molar-refractivity contribution is 0.601. The van der Waals surface area contributed by atoms with Crippen LogP contribution in [0.1, 0.15) is 11.3 Å². The molecule has 5 nitrogen and oxygen atoms in total. The SMILES string of the molecule is Cc1ccc(S(=O)(=O)Nc2ccc3nn(C)c(C)c3c2)cc1. The first-order valence-corrected chi connectivity index (χ1v) is 8.38. The highest BCUT2D eigenvalue weighted by Gasteiger charge is 2.15. The molecule has 0 spiro atoms. The van der Waals surface area contributed by atoms with Crippen LogP contribution in [0.3, 0.4) is 0 Å². The molecule has 22 heavy (non-hydrogen) atoms. The van der Waals surface area contributed by atoms with Crippen molar-refractivity contribution in [3.8, 4) is 0 Å². The number of fused-ring (bicyclic) bond motifs is 1. The zero-order valence-electron chi connectivity index (χ0n) is 12.7. The largest absolute Gasteiger partial charge is 0.280 e. The van der Waals surface area contributed by atoms with Crippen molar-refractivity contribution in [1.29, 1.82) is 0 Å². The average molecular weight is 315 g/mol. The molecule has 0 radical (unpaired) electrons. The molecular weight excluding hydrogens is 298 g/mol. The van der Waals surface area contributed by atoms with E-state index in [2.05, 4.69) is 9.82 Å². The van der Waals surface area contributed by atoms with Gasteiger partial charge >= 0.3 is 0 Å². The minimum atomic E-state index is -3.58. The minimum absolute atomic E-state index is 0.251. The monoisotopic (exact) mass is 315 g/mol. The van der Waals surface area contributed by atoms with Gasteiger partial charge in [0.1, 0.15) is 0 Å². The van der Waals surface area contributed by atoms with Gasteiger partial charge in [-0.3, -0.25) is 9.40 Å². The van der Waals surface area contributed by atoms with E-state index in [1.165, 1.54) is 0 Å². The quantitative estimate of drug-likeness (QED) is 0.808. The Morgan fingerprint density at radius 2 is 1.73 bits per heavy atom. The van der Waals surface area contributed by atoms with Crippen molar-refractivity contribution in [1.82, 2.24) is 9.78 Å². The third-order valence-corrected chi connectivity index (χ3v) is 5.11. The van der Waals surface area contributed by atoms with Gasteiger partial charge in [-0.25, -0.2) is 8.42 Å². The zero-order valence-corrected chi connectivity index (χ0v) is 13.5. The molecule has 1 aromatic heterocycles. The number of aryl methyl sites for hydroxylation is 3. The number of sulfonamides is 1. The third-order valence-electron chi connectivity index (χ3n) is 3.71. The third kappa shape index (κ3) is 2.57. The van der Waals surface area contributed by atoms with Crippen molar-refractivity contribution in [2.75, 3.05) is 4.72 Å². The highest BCUT2D eigenvalue weighted by atomic mass is 32.2. The number of aromatic nitrogens is 2. The molecule has 0 aliphatic heterocycles. The van der Waals surface area contributed by atoms with Crippen LogP contribution in [0.5, 0.6) is 0 Å². The molecule has 0 aliphatic rings. The summed E-state index contributed by atoms with van der Waals surface area (Å²) in [4.78, 5) is 0.251. The van der Waals surface area contributed by atoms with Crippen molar-refractivity contribution in [3.05, 3.63) is 53.7 Å². The molecule has 2 aromatic carbocycles. The van der Waals surface area contributed by atoms with Crippen LogP contribution in [0.4, 0.5) is 5.69 Å². The summed E-state index contributed by atoms with van der Waals surface area (Å²) in [5, 5.41) is 5.29. The van der Waals surface area contributed by atoms with E-state index < -0.39 is 10.0 Å². The van der Waals surface area contributed by atoms with Crippen molar-refractivity contribution in [3.63, 3.8) is 0 Å². The van der Waals surface area contributed by atoms with Crippen LogP contribution in [0, 0.1) is 13.8 Å². The maximum atomic E-state index is 12.4. The maximum absolute atomic E-state index is 12.4. The molecule has 114 valence electrons. The van der Waals surface area contributed by atoms with Crippen LogP contribution in [-0.4, -0.2) is 18.2 Å². The van der Waals surface area contributed by atoms with Crippen LogP contribution in [0.15, 0.2) is 47.4 Å². The number of hydrogen-bond acceptors (Lipinski definition) is 3. The van der Waals surface area contributed by atoms with Gasteiger partial charge in [-0.05, 0) is 44.2 Å². The van der Waals surface area contributed by atoms with E-state index in [1.54, 1.807) is 35.0 Å². The van der Waals surface area contributed by atoms with Crippen LogP contribution >= 0.6 is 0 Å². The fraction of sp³-hybridized carbons (Fsp3) is 0.188. The van der Waals surface area contributed by atoms with Gasteiger partial charge in [0, 0.05) is 23.8 Å². The molecule has 6 heteroatoms. The fourth-order valence-corrected chi connectivity index (χ4v) is 3.37. The van der Waals surface area contributed by atoms with E-state index in [0.717, 1.165) is 22.2 Å². The van der Waals surface area contributed by atoms with Gasteiger partial charge in [0.15, 0.2) is 0 Å². The van der Waals surface area contributed by atoms with Gasteiger partial charge in [0.05, 0.1) is 10.4 Å². The Morgan fingerprint density at radius 3 is 2.41 bits per heavy atom. The molecule has 0 unspecified atom stereocenters. The molecule has 3 rings (SSSR count). The van der Waals surface area contributed by atoms with Crippen LogP contribution < -0.4 is 4.72 Å². The van der Waals surface area contributed by atoms with E-state index in [9.17, 15) is 8.42 Å². The molecule has 0 saturated heterocycles. The van der Waals surface area contributed by atoms with E-state index in [-0.39, 0.29) is 4.90 Å². The Labute approximate surface area is 129 Å². The van der Waals surface area contributed by atoms with E-state index in [0.29, 0.717) is 5.69 Å². The van der Waals surface area contributed by atoms with Gasteiger partial charge in [0.2, 0.25) is 0 Å². The summed E-state index contributed by atoms with van der Waals surface area (Å²) in [5.74, 6) is 0. The molecule has 0 fully saturated rings. The van der Waals surface area contributed by atoms with Gasteiger partial charge < -0.3 is 0 Å². The summed E-state index contributed by atoms with van der Waals surface area (Å²) in [6.07, 6.45) is 0. The highest BCUT2D eigenvalue weighted by molar-refractivity contribution is 7.92. The molecule has 1 heterocycles. The number of rotatable bonds is 3. The summed E-state index contributed by atoms with van der Waals surface area (Å²) < 4.78 is 29.2. The number of nitrogens with one attached hydrogen (secondary N) is 1. The van der Waals surface area contributed by atoms with Gasteiger partial charge in [-0.15, -0.1) is 0 Å². The molecule has 0 bridgehead atoms. The highest BCUT2D eigenvalue weighted by Crippen LogP contribution is 2.23. The van der Waals surface area contributed by atoms with Gasteiger partial charge in [-0.1, -0.05) is 17.7 Å². The van der Waals surface area contributed by atoms with Crippen LogP contribution in [-0.2, 0) is 17.1 Å². The second-order valence-corrected chi connectivity index (χ2v) is 7.04. The second-order valence-electron chi connectivity index (χ2n) is 5.36. The Balaban J connectivity index is 1.98. The van der Waals surface area contributed by atoms with E-state index in [1.807, 2.05) is 33.0 Å². The zero-order chi connectivity index (χ0) is 15.9. The molecule has 3 aromatic rings. The Morgan fingerprint density at radius 1 is 1.05 bits per heavy atom. The van der Waals surface area contributed by atoms with Crippen LogP contribution in [0.25, 0.3) is 10.9 Å². The number of benzene rings is 2. The van der Waals surface area contributed by atoms with Crippen molar-refractivity contribution < 1.29 is 8.42 Å². The second kappa shape index (κ2) is 5.14.